The van der Waals surface area contributed by atoms with E-state index in [4.69, 9.17) is 4.74 Å². The second kappa shape index (κ2) is 12.9. The van der Waals surface area contributed by atoms with Crippen molar-refractivity contribution >= 4 is 17.7 Å². The first-order valence-electron chi connectivity index (χ1n) is 15.5. The van der Waals surface area contributed by atoms with Gasteiger partial charge in [-0.15, -0.1) is 0 Å². The van der Waals surface area contributed by atoms with Gasteiger partial charge in [0.25, 0.3) is 0 Å². The molecule has 4 aromatic rings. The highest BCUT2D eigenvalue weighted by Gasteiger charge is 2.43. The lowest BCUT2D eigenvalue weighted by Crippen LogP contribution is -2.51. The number of aromatic nitrogens is 1. The normalized spacial score (nSPS) is 17.6. The maximum atomic E-state index is 14.5. The second-order valence-electron chi connectivity index (χ2n) is 12.2. The Labute approximate surface area is 273 Å². The first-order valence-corrected chi connectivity index (χ1v) is 15.5. The molecule has 12 heteroatoms. The fourth-order valence-electron chi connectivity index (χ4n) is 6.84. The molecule has 1 saturated carbocycles. The lowest BCUT2D eigenvalue weighted by atomic mass is 9.81. The third kappa shape index (κ3) is 6.69. The van der Waals surface area contributed by atoms with E-state index in [0.717, 1.165) is 28.5 Å². The summed E-state index contributed by atoms with van der Waals surface area (Å²) in [6.45, 7) is 1.23. The molecule has 0 unspecified atom stereocenters. The SMILES string of the molecule is Cc1c(-c2ccc(NC(=O)[C@@H](NC(=O)OCC3c4ccccc4-c4ccccc43)[C@H]3CCCC(F)(F)C3)cc2)c(C(F)(F)F)cc[n+]1[O-]. The van der Waals surface area contributed by atoms with Gasteiger partial charge in [0.05, 0.1) is 11.1 Å². The molecule has 2 amide bonds. The molecule has 1 fully saturated rings. The van der Waals surface area contributed by atoms with Gasteiger partial charge in [0.2, 0.25) is 11.8 Å². The molecule has 2 aliphatic rings. The quantitative estimate of drug-likeness (QED) is 0.119. The highest BCUT2D eigenvalue weighted by Crippen LogP contribution is 2.45. The van der Waals surface area contributed by atoms with Gasteiger partial charge in [0.1, 0.15) is 12.6 Å². The van der Waals surface area contributed by atoms with Crippen LogP contribution in [0.1, 0.15) is 54.0 Å². The van der Waals surface area contributed by atoms with Crippen LogP contribution >= 0.6 is 0 Å². The van der Waals surface area contributed by atoms with Crippen molar-refractivity contribution in [3.63, 3.8) is 0 Å². The number of halogens is 5. The molecule has 1 heterocycles. The van der Waals surface area contributed by atoms with Crippen LogP contribution in [0.4, 0.5) is 32.4 Å². The van der Waals surface area contributed by atoms with Gasteiger partial charge in [-0.25, -0.2) is 13.6 Å². The van der Waals surface area contributed by atoms with Crippen molar-refractivity contribution in [2.24, 2.45) is 5.92 Å². The Balaban J connectivity index is 1.19. The van der Waals surface area contributed by atoms with E-state index < -0.39 is 48.0 Å². The van der Waals surface area contributed by atoms with Crippen molar-refractivity contribution < 1.29 is 41.0 Å². The Morgan fingerprint density at radius 3 is 2.21 bits per heavy atom. The summed E-state index contributed by atoms with van der Waals surface area (Å²) in [5, 5.41) is 17.2. The van der Waals surface area contributed by atoms with Crippen LogP contribution in [0.3, 0.4) is 0 Å². The fourth-order valence-corrected chi connectivity index (χ4v) is 6.84. The predicted molar refractivity (Wildman–Crippen MR) is 168 cm³/mol. The van der Waals surface area contributed by atoms with E-state index in [1.807, 2.05) is 48.5 Å². The van der Waals surface area contributed by atoms with Gasteiger partial charge < -0.3 is 20.6 Å². The van der Waals surface area contributed by atoms with E-state index in [0.29, 0.717) is 10.8 Å². The van der Waals surface area contributed by atoms with E-state index in [-0.39, 0.29) is 54.3 Å². The molecule has 1 aromatic heterocycles. The predicted octanol–water partition coefficient (Wildman–Crippen LogP) is 7.99. The molecule has 0 bridgehead atoms. The first-order chi connectivity index (χ1) is 22.8. The number of nitrogens with one attached hydrogen (secondary N) is 2. The van der Waals surface area contributed by atoms with Crippen LogP contribution in [0.25, 0.3) is 22.3 Å². The number of fused-ring (bicyclic) bond motifs is 3. The van der Waals surface area contributed by atoms with Crippen LogP contribution in [0.15, 0.2) is 85.1 Å². The minimum Gasteiger partial charge on any atom is -0.618 e. The van der Waals surface area contributed by atoms with Gasteiger partial charge in [-0.05, 0) is 58.7 Å². The average Bonchev–Trinajstić information content (AvgIpc) is 3.36. The topological polar surface area (TPSA) is 94.4 Å². The number of alkyl carbamates (subject to hydrolysis) is 1. The van der Waals surface area contributed by atoms with Gasteiger partial charge in [0, 0.05) is 37.4 Å². The summed E-state index contributed by atoms with van der Waals surface area (Å²) < 4.78 is 76.1. The summed E-state index contributed by atoms with van der Waals surface area (Å²) in [5.41, 5.74) is 2.80. The van der Waals surface area contributed by atoms with Crippen molar-refractivity contribution in [3.8, 4) is 22.3 Å². The Bertz CT molecular complexity index is 1800. The van der Waals surface area contributed by atoms with E-state index >= 15 is 0 Å². The minimum atomic E-state index is -4.72. The van der Waals surface area contributed by atoms with Crippen LogP contribution in [0.5, 0.6) is 0 Å². The minimum absolute atomic E-state index is 0.0430. The second-order valence-corrected chi connectivity index (χ2v) is 12.2. The van der Waals surface area contributed by atoms with E-state index in [1.54, 1.807) is 0 Å². The average molecular weight is 666 g/mol. The van der Waals surface area contributed by atoms with Gasteiger partial charge >= 0.3 is 12.3 Å². The highest BCUT2D eigenvalue weighted by molar-refractivity contribution is 5.97. The molecule has 0 radical (unpaired) electrons. The summed E-state index contributed by atoms with van der Waals surface area (Å²) in [4.78, 5) is 26.7. The monoisotopic (exact) mass is 665 g/mol. The standard InChI is InChI=1S/C36H32F5N3O4/c1-21-31(30(36(39,40)41)16-18-44(21)47)22-12-14-24(15-13-22)42-33(45)32(23-7-6-17-35(37,38)19-23)43-34(46)48-20-29-27-10-4-2-8-25(27)26-9-3-5-11-28(26)29/h2-5,8-16,18,23,29,32H,6-7,17,19-20H2,1H3,(H,42,45)(H,43,46)/t23-,32-/m0/s1. The Morgan fingerprint density at radius 1 is 0.979 bits per heavy atom. The fraction of sp³-hybridized carbons (Fsp3) is 0.306. The van der Waals surface area contributed by atoms with Crippen LogP contribution in [0.2, 0.25) is 0 Å². The number of nitrogens with zero attached hydrogens (tertiary/aromatic N) is 1. The molecular weight excluding hydrogens is 633 g/mol. The zero-order valence-electron chi connectivity index (χ0n) is 25.8. The number of carbonyl (C=O) groups is 2. The van der Waals surface area contributed by atoms with E-state index in [1.165, 1.54) is 31.2 Å². The van der Waals surface area contributed by atoms with Gasteiger partial charge in [-0.2, -0.15) is 17.9 Å². The molecule has 6 rings (SSSR count). The number of amides is 2. The van der Waals surface area contributed by atoms with Crippen LogP contribution in [-0.4, -0.2) is 30.6 Å². The number of anilines is 1. The third-order valence-electron chi connectivity index (χ3n) is 9.13. The third-order valence-corrected chi connectivity index (χ3v) is 9.13. The summed E-state index contributed by atoms with van der Waals surface area (Å²) in [6.07, 6.45) is -5.40. The first kappa shape index (κ1) is 32.9. The van der Waals surface area contributed by atoms with Crippen molar-refractivity contribution in [1.29, 1.82) is 0 Å². The molecule has 0 saturated heterocycles. The molecule has 0 aliphatic heterocycles. The zero-order chi connectivity index (χ0) is 34.2. The van der Waals surface area contributed by atoms with Crippen molar-refractivity contribution in [2.75, 3.05) is 11.9 Å². The maximum absolute atomic E-state index is 14.5. The van der Waals surface area contributed by atoms with Gasteiger partial charge in [-0.3, -0.25) is 4.79 Å². The molecule has 7 nitrogen and oxygen atoms in total. The van der Waals surface area contributed by atoms with E-state index in [2.05, 4.69) is 10.6 Å². The summed E-state index contributed by atoms with van der Waals surface area (Å²) >= 11 is 0. The molecule has 2 atom stereocenters. The van der Waals surface area contributed by atoms with Crippen LogP contribution in [0, 0.1) is 18.0 Å². The zero-order valence-corrected chi connectivity index (χ0v) is 25.8. The van der Waals surface area contributed by atoms with Crippen molar-refractivity contribution in [2.45, 2.75) is 56.7 Å². The Morgan fingerprint density at radius 2 is 1.60 bits per heavy atom. The largest absolute Gasteiger partial charge is 0.618 e. The molecule has 250 valence electrons. The molecule has 2 aliphatic carbocycles. The number of benzene rings is 3. The summed E-state index contributed by atoms with van der Waals surface area (Å²) in [7, 11) is 0. The molecule has 2 N–H and O–H groups in total. The number of pyridine rings is 1. The lowest BCUT2D eigenvalue weighted by molar-refractivity contribution is -0.611. The van der Waals surface area contributed by atoms with Crippen molar-refractivity contribution in [3.05, 3.63) is 113 Å². The molecule has 3 aromatic carbocycles. The van der Waals surface area contributed by atoms with Gasteiger partial charge in [0.15, 0.2) is 11.9 Å². The Kier molecular flexibility index (Phi) is 8.84. The molecule has 48 heavy (non-hydrogen) atoms. The number of rotatable bonds is 7. The smallest absolute Gasteiger partial charge is 0.417 e. The number of ether oxygens (including phenoxy) is 1. The Hall–Kier alpha value is -5.00. The number of hydrogen-bond acceptors (Lipinski definition) is 4. The molecular formula is C36H32F5N3O4. The van der Waals surface area contributed by atoms with Gasteiger partial charge in [-0.1, -0.05) is 60.7 Å². The summed E-state index contributed by atoms with van der Waals surface area (Å²) in [5.74, 6) is -4.95. The van der Waals surface area contributed by atoms with Crippen LogP contribution in [-0.2, 0) is 15.7 Å². The number of carbonyl (C=O) groups excluding carboxylic acids is 2. The number of hydrogen-bond donors (Lipinski definition) is 2. The highest BCUT2D eigenvalue weighted by atomic mass is 19.4. The lowest BCUT2D eigenvalue weighted by Gasteiger charge is -2.34. The van der Waals surface area contributed by atoms with Crippen molar-refractivity contribution in [1.82, 2.24) is 5.32 Å². The summed E-state index contributed by atoms with van der Waals surface area (Å²) in [6, 6.07) is 20.1. The maximum Gasteiger partial charge on any atom is 0.417 e. The van der Waals surface area contributed by atoms with Crippen LogP contribution < -0.4 is 15.4 Å². The number of alkyl halides is 5. The van der Waals surface area contributed by atoms with E-state index in [9.17, 15) is 36.7 Å². The molecule has 0 spiro atoms.